The van der Waals surface area contributed by atoms with Crippen LogP contribution in [-0.2, 0) is 0 Å². The van der Waals surface area contributed by atoms with Gasteiger partial charge in [-0.1, -0.05) is 6.58 Å². The number of nitrogens with zero attached hydrogens (tertiary/aromatic N) is 1. The van der Waals surface area contributed by atoms with Crippen molar-refractivity contribution < 1.29 is 5.11 Å². The minimum atomic E-state index is -0.654. The maximum atomic E-state index is 9.21. The van der Waals surface area contributed by atoms with Gasteiger partial charge in [-0.3, -0.25) is 4.99 Å². The van der Waals surface area contributed by atoms with E-state index in [4.69, 9.17) is 0 Å². The van der Waals surface area contributed by atoms with Crippen LogP contribution in [0.25, 0.3) is 0 Å². The maximum Gasteiger partial charge on any atom is 0.0641 e. The molecule has 0 unspecified atom stereocenters. The van der Waals surface area contributed by atoms with Crippen molar-refractivity contribution in [1.29, 1.82) is 0 Å². The van der Waals surface area contributed by atoms with Gasteiger partial charge in [0.2, 0.25) is 0 Å². The van der Waals surface area contributed by atoms with Gasteiger partial charge in [-0.25, -0.2) is 0 Å². The molecule has 0 saturated heterocycles. The molecule has 58 valence electrons. The second-order valence-corrected chi connectivity index (χ2v) is 3.06. The van der Waals surface area contributed by atoms with E-state index < -0.39 is 5.60 Å². The van der Waals surface area contributed by atoms with Crippen LogP contribution < -0.4 is 0 Å². The number of hydrogen-bond acceptors (Lipinski definition) is 2. The fourth-order valence-corrected chi connectivity index (χ4v) is 0.425. The Labute approximate surface area is 62.3 Å². The molecule has 2 heteroatoms. The first-order valence-electron chi connectivity index (χ1n) is 3.32. The predicted octanol–water partition coefficient (Wildman–Crippen LogP) is 1.75. The van der Waals surface area contributed by atoms with E-state index in [1.807, 2.05) is 6.92 Å². The Morgan fingerprint density at radius 1 is 1.70 bits per heavy atom. The zero-order chi connectivity index (χ0) is 8.20. The highest BCUT2D eigenvalue weighted by Crippen LogP contribution is 2.04. The molecular formula is C8H15NO. The molecule has 0 saturated carbocycles. The van der Waals surface area contributed by atoms with Gasteiger partial charge in [-0.15, -0.1) is 0 Å². The molecule has 0 aliphatic carbocycles. The van der Waals surface area contributed by atoms with Gasteiger partial charge >= 0.3 is 0 Å². The summed E-state index contributed by atoms with van der Waals surface area (Å²) >= 11 is 0. The summed E-state index contributed by atoms with van der Waals surface area (Å²) in [6.45, 7) is 8.91. The van der Waals surface area contributed by atoms with Crippen LogP contribution in [0.4, 0.5) is 0 Å². The zero-order valence-corrected chi connectivity index (χ0v) is 6.89. The third-order valence-electron chi connectivity index (χ3n) is 0.902. The SMILES string of the molecule is C=C(C)N=CCC(C)(C)O. The van der Waals surface area contributed by atoms with Gasteiger partial charge in [0.15, 0.2) is 0 Å². The zero-order valence-electron chi connectivity index (χ0n) is 6.89. The third-order valence-corrected chi connectivity index (χ3v) is 0.902. The van der Waals surface area contributed by atoms with Crippen molar-refractivity contribution >= 4 is 6.21 Å². The second-order valence-electron chi connectivity index (χ2n) is 3.06. The fraction of sp³-hybridized carbons (Fsp3) is 0.625. The molecule has 10 heavy (non-hydrogen) atoms. The van der Waals surface area contributed by atoms with Gasteiger partial charge in [-0.05, 0) is 20.8 Å². The van der Waals surface area contributed by atoms with E-state index in [1.54, 1.807) is 20.1 Å². The van der Waals surface area contributed by atoms with E-state index in [9.17, 15) is 5.11 Å². The normalized spacial score (nSPS) is 12.4. The molecule has 0 atom stereocenters. The van der Waals surface area contributed by atoms with Crippen molar-refractivity contribution in [3.05, 3.63) is 12.3 Å². The summed E-state index contributed by atoms with van der Waals surface area (Å²) in [5.74, 6) is 0. The van der Waals surface area contributed by atoms with Crippen molar-refractivity contribution in [2.75, 3.05) is 0 Å². The lowest BCUT2D eigenvalue weighted by Crippen LogP contribution is -2.18. The van der Waals surface area contributed by atoms with Gasteiger partial charge in [0.05, 0.1) is 5.60 Å². The van der Waals surface area contributed by atoms with E-state index in [0.717, 1.165) is 5.70 Å². The highest BCUT2D eigenvalue weighted by molar-refractivity contribution is 5.59. The Balaban J connectivity index is 3.64. The first-order chi connectivity index (χ1) is 4.42. The summed E-state index contributed by atoms with van der Waals surface area (Å²) < 4.78 is 0. The Bertz CT molecular complexity index is 142. The topological polar surface area (TPSA) is 32.6 Å². The summed E-state index contributed by atoms with van der Waals surface area (Å²) in [7, 11) is 0. The highest BCUT2D eigenvalue weighted by Gasteiger charge is 2.08. The van der Waals surface area contributed by atoms with Crippen LogP contribution in [0.5, 0.6) is 0 Å². The van der Waals surface area contributed by atoms with Crippen LogP contribution in [0, 0.1) is 0 Å². The Morgan fingerprint density at radius 2 is 2.20 bits per heavy atom. The van der Waals surface area contributed by atoms with E-state index in [2.05, 4.69) is 11.6 Å². The highest BCUT2D eigenvalue weighted by atomic mass is 16.3. The quantitative estimate of drug-likeness (QED) is 0.597. The summed E-state index contributed by atoms with van der Waals surface area (Å²) in [5.41, 5.74) is 0.114. The molecule has 0 aliphatic heterocycles. The molecule has 2 nitrogen and oxygen atoms in total. The average Bonchev–Trinajstić information content (AvgIpc) is 1.59. The largest absolute Gasteiger partial charge is 0.390 e. The molecule has 0 bridgehead atoms. The number of aliphatic hydroxyl groups is 1. The van der Waals surface area contributed by atoms with Gasteiger partial charge in [-0.2, -0.15) is 0 Å². The first kappa shape index (κ1) is 9.37. The Hall–Kier alpha value is -0.630. The van der Waals surface area contributed by atoms with Crippen LogP contribution in [0.3, 0.4) is 0 Å². The number of rotatable bonds is 3. The minimum absolute atomic E-state index is 0.569. The van der Waals surface area contributed by atoms with Crippen molar-refractivity contribution in [2.24, 2.45) is 4.99 Å². The van der Waals surface area contributed by atoms with E-state index in [-0.39, 0.29) is 0 Å². The average molecular weight is 141 g/mol. The number of aliphatic imine (C=N–C) groups is 1. The molecule has 0 aromatic heterocycles. The van der Waals surface area contributed by atoms with Crippen molar-refractivity contribution in [1.82, 2.24) is 0 Å². The summed E-state index contributed by atoms with van der Waals surface area (Å²) in [4.78, 5) is 3.93. The van der Waals surface area contributed by atoms with Crippen LogP contribution in [0.15, 0.2) is 17.3 Å². The molecule has 0 rings (SSSR count). The molecule has 0 radical (unpaired) electrons. The van der Waals surface area contributed by atoms with Crippen molar-refractivity contribution in [2.45, 2.75) is 32.8 Å². The lowest BCUT2D eigenvalue weighted by atomic mass is 10.1. The van der Waals surface area contributed by atoms with Gasteiger partial charge < -0.3 is 5.11 Å². The Kier molecular flexibility index (Phi) is 3.30. The predicted molar refractivity (Wildman–Crippen MR) is 44.2 cm³/mol. The lowest BCUT2D eigenvalue weighted by molar-refractivity contribution is 0.0897. The second kappa shape index (κ2) is 3.52. The van der Waals surface area contributed by atoms with Crippen molar-refractivity contribution in [3.8, 4) is 0 Å². The standard InChI is InChI=1S/C8H15NO/c1-7(2)9-6-5-8(3,4)10/h6,10H,1,5H2,2-4H3. The maximum absolute atomic E-state index is 9.21. The summed E-state index contributed by atoms with van der Waals surface area (Å²) in [6.07, 6.45) is 2.25. The number of hydrogen-bond donors (Lipinski definition) is 1. The van der Waals surface area contributed by atoms with E-state index in [0.29, 0.717) is 6.42 Å². The van der Waals surface area contributed by atoms with Crippen molar-refractivity contribution in [3.63, 3.8) is 0 Å². The van der Waals surface area contributed by atoms with E-state index >= 15 is 0 Å². The molecular weight excluding hydrogens is 126 g/mol. The fourth-order valence-electron chi connectivity index (χ4n) is 0.425. The molecule has 0 aliphatic rings. The van der Waals surface area contributed by atoms with Crippen LogP contribution in [0.2, 0.25) is 0 Å². The van der Waals surface area contributed by atoms with Crippen LogP contribution in [0.1, 0.15) is 27.2 Å². The number of allylic oxidation sites excluding steroid dienone is 1. The van der Waals surface area contributed by atoms with E-state index in [1.165, 1.54) is 0 Å². The molecule has 0 aromatic rings. The molecule has 0 spiro atoms. The molecule has 0 heterocycles. The molecule has 0 amide bonds. The molecule has 0 fully saturated rings. The van der Waals surface area contributed by atoms with Gasteiger partial charge in [0.25, 0.3) is 0 Å². The third kappa shape index (κ3) is 7.37. The summed E-state index contributed by atoms with van der Waals surface area (Å²) in [5, 5.41) is 9.21. The van der Waals surface area contributed by atoms with Crippen LogP contribution in [-0.4, -0.2) is 16.9 Å². The van der Waals surface area contributed by atoms with Crippen LogP contribution >= 0.6 is 0 Å². The smallest absolute Gasteiger partial charge is 0.0641 e. The van der Waals surface area contributed by atoms with Gasteiger partial charge in [0.1, 0.15) is 0 Å². The minimum Gasteiger partial charge on any atom is -0.390 e. The first-order valence-corrected chi connectivity index (χ1v) is 3.32. The molecule has 0 aromatic carbocycles. The lowest BCUT2D eigenvalue weighted by Gasteiger charge is -2.12. The Morgan fingerprint density at radius 3 is 2.50 bits per heavy atom. The van der Waals surface area contributed by atoms with Gasteiger partial charge in [0, 0.05) is 18.3 Å². The summed E-state index contributed by atoms with van der Waals surface area (Å²) in [6, 6.07) is 0. The monoisotopic (exact) mass is 141 g/mol. The molecule has 1 N–H and O–H groups in total.